The minimum absolute atomic E-state index is 0.0528. The molecule has 1 aliphatic heterocycles. The second-order valence-corrected chi connectivity index (χ2v) is 7.61. The van der Waals surface area contributed by atoms with Crippen LogP contribution in [-0.4, -0.2) is 52.8 Å². The third-order valence-electron chi connectivity index (χ3n) is 5.29. The molecule has 0 aliphatic carbocycles. The molecule has 2 amide bonds. The Labute approximate surface area is 180 Å². The summed E-state index contributed by atoms with van der Waals surface area (Å²) >= 11 is 6.17. The number of fused-ring (bicyclic) bond motifs is 1. The van der Waals surface area contributed by atoms with Crippen LogP contribution in [0.2, 0.25) is 5.02 Å². The summed E-state index contributed by atoms with van der Waals surface area (Å²) in [6.45, 7) is 2.21. The summed E-state index contributed by atoms with van der Waals surface area (Å²) in [5.74, 6) is -0.142. The van der Waals surface area contributed by atoms with E-state index in [2.05, 4.69) is 4.98 Å². The van der Waals surface area contributed by atoms with Crippen molar-refractivity contribution in [1.29, 1.82) is 0 Å². The zero-order valence-corrected chi connectivity index (χ0v) is 17.3. The smallest absolute Gasteiger partial charge is 0.255 e. The maximum Gasteiger partial charge on any atom is 0.255 e. The molecular weight excluding hydrogens is 398 g/mol. The number of aromatic nitrogens is 1. The van der Waals surface area contributed by atoms with E-state index < -0.39 is 0 Å². The predicted molar refractivity (Wildman–Crippen MR) is 119 cm³/mol. The SMILES string of the molecule is O=C(/C=C/c1ccnc2ccccc12)N1CCCN(C(=O)c2ccccc2Cl)CC1. The third-order valence-corrected chi connectivity index (χ3v) is 5.62. The summed E-state index contributed by atoms with van der Waals surface area (Å²) in [5, 5.41) is 1.46. The number of nitrogens with zero attached hydrogens (tertiary/aromatic N) is 3. The lowest BCUT2D eigenvalue weighted by Crippen LogP contribution is -2.36. The number of para-hydroxylation sites is 1. The van der Waals surface area contributed by atoms with Crippen LogP contribution in [0.15, 0.2) is 66.9 Å². The van der Waals surface area contributed by atoms with Gasteiger partial charge in [-0.2, -0.15) is 0 Å². The fourth-order valence-corrected chi connectivity index (χ4v) is 3.89. The van der Waals surface area contributed by atoms with Crippen molar-refractivity contribution in [3.05, 3.63) is 83.0 Å². The number of rotatable bonds is 3. The van der Waals surface area contributed by atoms with Crippen LogP contribution in [0.3, 0.4) is 0 Å². The zero-order chi connectivity index (χ0) is 20.9. The summed E-state index contributed by atoms with van der Waals surface area (Å²) < 4.78 is 0. The lowest BCUT2D eigenvalue weighted by Gasteiger charge is -2.22. The van der Waals surface area contributed by atoms with Gasteiger partial charge in [-0.25, -0.2) is 0 Å². The highest BCUT2D eigenvalue weighted by Crippen LogP contribution is 2.19. The first-order chi connectivity index (χ1) is 14.6. The molecule has 6 heteroatoms. The number of hydrogen-bond acceptors (Lipinski definition) is 3. The lowest BCUT2D eigenvalue weighted by atomic mass is 10.1. The molecule has 1 saturated heterocycles. The highest BCUT2D eigenvalue weighted by molar-refractivity contribution is 6.33. The van der Waals surface area contributed by atoms with E-state index in [1.807, 2.05) is 36.4 Å². The number of pyridine rings is 1. The highest BCUT2D eigenvalue weighted by atomic mass is 35.5. The Hall–Kier alpha value is -3.18. The van der Waals surface area contributed by atoms with Gasteiger partial charge in [0.25, 0.3) is 5.91 Å². The number of hydrogen-bond donors (Lipinski definition) is 0. The maximum absolute atomic E-state index is 12.8. The molecule has 5 nitrogen and oxygen atoms in total. The van der Waals surface area contributed by atoms with Gasteiger partial charge in [-0.1, -0.05) is 41.9 Å². The second-order valence-electron chi connectivity index (χ2n) is 7.20. The molecule has 0 unspecified atom stereocenters. The molecule has 0 bridgehead atoms. The Kier molecular flexibility index (Phi) is 6.10. The van der Waals surface area contributed by atoms with Crippen LogP contribution in [0, 0.1) is 0 Å². The fraction of sp³-hybridized carbons (Fsp3) is 0.208. The van der Waals surface area contributed by atoms with Crippen molar-refractivity contribution < 1.29 is 9.59 Å². The van der Waals surface area contributed by atoms with Crippen LogP contribution >= 0.6 is 11.6 Å². The molecule has 0 N–H and O–H groups in total. The average molecular weight is 420 g/mol. The predicted octanol–water partition coefficient (Wildman–Crippen LogP) is 4.28. The highest BCUT2D eigenvalue weighted by Gasteiger charge is 2.23. The first kappa shape index (κ1) is 20.1. The minimum Gasteiger partial charge on any atom is -0.337 e. The molecule has 0 radical (unpaired) electrons. The molecule has 2 heterocycles. The summed E-state index contributed by atoms with van der Waals surface area (Å²) in [6, 6.07) is 16.8. The van der Waals surface area contributed by atoms with Crippen molar-refractivity contribution in [2.24, 2.45) is 0 Å². The van der Waals surface area contributed by atoms with Crippen LogP contribution in [0.1, 0.15) is 22.3 Å². The molecular formula is C24H22ClN3O2. The monoisotopic (exact) mass is 419 g/mol. The molecule has 152 valence electrons. The van der Waals surface area contributed by atoms with Crippen molar-refractivity contribution in [3.8, 4) is 0 Å². The number of halogens is 1. The van der Waals surface area contributed by atoms with Gasteiger partial charge < -0.3 is 9.80 Å². The van der Waals surface area contributed by atoms with Crippen LogP contribution in [0.5, 0.6) is 0 Å². The van der Waals surface area contributed by atoms with E-state index in [-0.39, 0.29) is 11.8 Å². The van der Waals surface area contributed by atoms with Gasteiger partial charge in [0.1, 0.15) is 0 Å². The Bertz CT molecular complexity index is 1110. The van der Waals surface area contributed by atoms with Crippen LogP contribution in [0.4, 0.5) is 0 Å². The van der Waals surface area contributed by atoms with Gasteiger partial charge in [-0.15, -0.1) is 0 Å². The van der Waals surface area contributed by atoms with Crippen LogP contribution in [0.25, 0.3) is 17.0 Å². The molecule has 0 saturated carbocycles. The minimum atomic E-state index is -0.0892. The quantitative estimate of drug-likeness (QED) is 0.595. The zero-order valence-electron chi connectivity index (χ0n) is 16.5. The normalized spacial score (nSPS) is 14.8. The molecule has 1 aromatic heterocycles. The number of carbonyl (C=O) groups is 2. The van der Waals surface area contributed by atoms with E-state index in [1.165, 1.54) is 0 Å². The van der Waals surface area contributed by atoms with Crippen molar-refractivity contribution in [2.75, 3.05) is 26.2 Å². The summed E-state index contributed by atoms with van der Waals surface area (Å²) in [4.78, 5) is 33.5. The second kappa shape index (κ2) is 9.09. The largest absolute Gasteiger partial charge is 0.337 e. The number of amides is 2. The van der Waals surface area contributed by atoms with Gasteiger partial charge in [0.15, 0.2) is 0 Å². The van der Waals surface area contributed by atoms with Gasteiger partial charge in [-0.05, 0) is 42.3 Å². The average Bonchev–Trinajstić information content (AvgIpc) is 3.04. The number of benzene rings is 2. The first-order valence-corrected chi connectivity index (χ1v) is 10.4. The Balaban J connectivity index is 1.43. The van der Waals surface area contributed by atoms with E-state index in [4.69, 9.17) is 11.6 Å². The van der Waals surface area contributed by atoms with Crippen molar-refractivity contribution in [3.63, 3.8) is 0 Å². The molecule has 2 aromatic carbocycles. The van der Waals surface area contributed by atoms with E-state index in [0.717, 1.165) is 22.9 Å². The van der Waals surface area contributed by atoms with Crippen molar-refractivity contribution >= 4 is 40.4 Å². The van der Waals surface area contributed by atoms with E-state index in [9.17, 15) is 9.59 Å². The first-order valence-electron chi connectivity index (χ1n) is 9.98. The summed E-state index contributed by atoms with van der Waals surface area (Å²) in [7, 11) is 0. The van der Waals surface area contributed by atoms with Gasteiger partial charge in [0.05, 0.1) is 16.1 Å². The molecule has 1 aliphatic rings. The standard InChI is InChI=1S/C24H22ClN3O2/c25-21-8-3-1-7-20(21)24(30)28-15-5-14-27(16-17-28)23(29)11-10-18-12-13-26-22-9-4-2-6-19(18)22/h1-4,6-13H,5,14-17H2/b11-10+. The van der Waals surface area contributed by atoms with Crippen molar-refractivity contribution in [2.45, 2.75) is 6.42 Å². The van der Waals surface area contributed by atoms with Crippen LogP contribution < -0.4 is 0 Å². The van der Waals surface area contributed by atoms with Crippen LogP contribution in [-0.2, 0) is 4.79 Å². The summed E-state index contributed by atoms with van der Waals surface area (Å²) in [6.07, 6.45) is 5.92. The van der Waals surface area contributed by atoms with Gasteiger partial charge in [-0.3, -0.25) is 14.6 Å². The molecule has 30 heavy (non-hydrogen) atoms. The maximum atomic E-state index is 12.8. The molecule has 4 rings (SSSR count). The van der Waals surface area contributed by atoms with Crippen molar-refractivity contribution in [1.82, 2.24) is 14.8 Å². The molecule has 3 aromatic rings. The molecule has 0 spiro atoms. The topological polar surface area (TPSA) is 53.5 Å². The molecule has 0 atom stereocenters. The van der Waals surface area contributed by atoms with Gasteiger partial charge >= 0.3 is 0 Å². The Morgan fingerprint density at radius 2 is 1.63 bits per heavy atom. The third kappa shape index (κ3) is 4.36. The summed E-state index contributed by atoms with van der Waals surface area (Å²) in [5.41, 5.74) is 2.36. The number of carbonyl (C=O) groups excluding carboxylic acids is 2. The fourth-order valence-electron chi connectivity index (χ4n) is 3.68. The van der Waals surface area contributed by atoms with Gasteiger partial charge in [0.2, 0.25) is 5.91 Å². The van der Waals surface area contributed by atoms with Gasteiger partial charge in [0, 0.05) is 43.8 Å². The Morgan fingerprint density at radius 3 is 2.50 bits per heavy atom. The van der Waals surface area contributed by atoms with E-state index in [0.29, 0.717) is 36.8 Å². The lowest BCUT2D eigenvalue weighted by molar-refractivity contribution is -0.125. The molecule has 1 fully saturated rings. The Morgan fingerprint density at radius 1 is 0.900 bits per heavy atom. The van der Waals surface area contributed by atoms with E-state index >= 15 is 0 Å². The van der Waals surface area contributed by atoms with E-state index in [1.54, 1.807) is 46.3 Å².